The van der Waals surface area contributed by atoms with E-state index in [1.807, 2.05) is 60.7 Å². The van der Waals surface area contributed by atoms with Gasteiger partial charge in [-0.05, 0) is 12.3 Å². The summed E-state index contributed by atoms with van der Waals surface area (Å²) >= 11 is 0. The minimum Gasteiger partial charge on any atom is -1.00 e. The van der Waals surface area contributed by atoms with E-state index in [0.717, 1.165) is 6.42 Å². The molecular weight excluding hydrogens is 359 g/mol. The molecule has 2 rings (SSSR count). The number of hydrogen-bond acceptors (Lipinski definition) is 1. The molecule has 1 radical (unpaired) electrons. The van der Waals surface area contributed by atoms with Gasteiger partial charge in [-0.1, -0.05) is 33.1 Å². The first-order chi connectivity index (χ1) is 9.35. The minimum atomic E-state index is 0. The van der Waals surface area contributed by atoms with Gasteiger partial charge in [0, 0.05) is 6.61 Å². The van der Waals surface area contributed by atoms with Crippen LogP contribution in [0.3, 0.4) is 0 Å². The Labute approximate surface area is 156 Å². The van der Waals surface area contributed by atoms with Crippen LogP contribution in [-0.2, 0) is 26.2 Å². The topological polar surface area (TPSA) is 20.2 Å². The summed E-state index contributed by atoms with van der Waals surface area (Å²) in [6.07, 6.45) is 4.83. The van der Waals surface area contributed by atoms with Crippen LogP contribution < -0.4 is 12.4 Å². The van der Waals surface area contributed by atoms with E-state index in [1.54, 1.807) is 0 Å². The zero-order valence-electron chi connectivity index (χ0n) is 13.2. The summed E-state index contributed by atoms with van der Waals surface area (Å²) in [4.78, 5) is 0. The Kier molecular flexibility index (Phi) is 27.1. The smallest absolute Gasteiger partial charge is 1.00 e. The van der Waals surface area contributed by atoms with E-state index in [1.165, 1.54) is 19.3 Å². The number of halogens is 1. The Hall–Kier alpha value is -0.167. The van der Waals surface area contributed by atoms with Gasteiger partial charge in [0.2, 0.25) is 0 Å². The number of aliphatic hydroxyl groups is 1. The second-order valence-corrected chi connectivity index (χ2v) is 4.52. The van der Waals surface area contributed by atoms with Crippen LogP contribution in [0.25, 0.3) is 0 Å². The molecule has 0 aliphatic rings. The van der Waals surface area contributed by atoms with Gasteiger partial charge in [-0.15, -0.1) is 0 Å². The van der Waals surface area contributed by atoms with Gasteiger partial charge in [0.05, 0.1) is 0 Å². The molecule has 3 heteroatoms. The standard InChI is InChI=1S/C8H18O.2C5H5.ClH.Zr/c1-3-5-6-8(4-2)7-9;2*1-2-4-5-3-1;;/h8-9H,3-7H2,1-2H3;2*1-5H;1H;/q;2*-1;;+3/p-1. The maximum absolute atomic E-state index is 8.75. The number of hydrogen-bond donors (Lipinski definition) is 1. The van der Waals surface area contributed by atoms with Gasteiger partial charge >= 0.3 is 26.2 Å². The predicted octanol–water partition coefficient (Wildman–Crippen LogP) is 2.01. The Balaban J connectivity index is -0.000000232. The fourth-order valence-corrected chi connectivity index (χ4v) is 1.56. The molecule has 2 aromatic carbocycles. The minimum absolute atomic E-state index is 0. The molecule has 2 aromatic rings. The molecule has 0 amide bonds. The van der Waals surface area contributed by atoms with E-state index in [4.69, 9.17) is 5.11 Å². The van der Waals surface area contributed by atoms with Crippen LogP contribution in [0.15, 0.2) is 60.7 Å². The van der Waals surface area contributed by atoms with Crippen molar-refractivity contribution in [2.75, 3.05) is 6.61 Å². The molecule has 0 bridgehead atoms. The van der Waals surface area contributed by atoms with E-state index in [9.17, 15) is 0 Å². The van der Waals surface area contributed by atoms with Gasteiger partial charge in [-0.3, -0.25) is 0 Å². The first-order valence-electron chi connectivity index (χ1n) is 7.29. The van der Waals surface area contributed by atoms with Crippen molar-refractivity contribution in [3.05, 3.63) is 60.7 Å². The number of rotatable bonds is 5. The Bertz CT molecular complexity index is 254. The van der Waals surface area contributed by atoms with Crippen LogP contribution in [0.2, 0.25) is 0 Å². The average molecular weight is 387 g/mol. The molecular formula is C18H28ClOZr. The number of aliphatic hydroxyl groups excluding tert-OH is 1. The molecule has 1 unspecified atom stereocenters. The van der Waals surface area contributed by atoms with Crippen LogP contribution in [0.5, 0.6) is 0 Å². The van der Waals surface area contributed by atoms with E-state index in [2.05, 4.69) is 13.8 Å². The fraction of sp³-hybridized carbons (Fsp3) is 0.444. The first-order valence-corrected chi connectivity index (χ1v) is 7.29. The number of unbranched alkanes of at least 4 members (excludes halogenated alkanes) is 1. The molecule has 0 saturated carbocycles. The van der Waals surface area contributed by atoms with Crippen molar-refractivity contribution in [3.8, 4) is 0 Å². The van der Waals surface area contributed by atoms with E-state index in [0.29, 0.717) is 12.5 Å². The summed E-state index contributed by atoms with van der Waals surface area (Å²) in [6.45, 7) is 4.69. The average Bonchev–Trinajstić information content (AvgIpc) is 3.18. The molecule has 0 spiro atoms. The van der Waals surface area contributed by atoms with Crippen molar-refractivity contribution in [2.45, 2.75) is 39.5 Å². The molecule has 0 fully saturated rings. The molecule has 21 heavy (non-hydrogen) atoms. The summed E-state index contributed by atoms with van der Waals surface area (Å²) in [5, 5.41) is 8.75. The van der Waals surface area contributed by atoms with E-state index >= 15 is 0 Å². The second kappa shape index (κ2) is 22.1. The molecule has 0 aliphatic heterocycles. The van der Waals surface area contributed by atoms with Crippen molar-refractivity contribution >= 4 is 0 Å². The third-order valence-electron chi connectivity index (χ3n) is 2.91. The summed E-state index contributed by atoms with van der Waals surface area (Å²) in [6, 6.07) is 20.0. The maximum Gasteiger partial charge on any atom is 3.00 e. The molecule has 1 atom stereocenters. The van der Waals surface area contributed by atoms with Gasteiger partial charge in [-0.2, -0.15) is 36.4 Å². The quantitative estimate of drug-likeness (QED) is 0.779. The summed E-state index contributed by atoms with van der Waals surface area (Å²) in [7, 11) is 0. The monoisotopic (exact) mass is 385 g/mol. The fourth-order valence-electron chi connectivity index (χ4n) is 1.56. The third-order valence-corrected chi connectivity index (χ3v) is 2.91. The van der Waals surface area contributed by atoms with Gasteiger partial charge in [0.25, 0.3) is 0 Å². The van der Waals surface area contributed by atoms with Crippen molar-refractivity contribution in [2.24, 2.45) is 5.92 Å². The second-order valence-electron chi connectivity index (χ2n) is 4.52. The SMILES string of the molecule is CCCCC(CC)CO.[Cl-].[Zr+3].c1cc[cH-]c1.c1cc[cH-]c1. The van der Waals surface area contributed by atoms with E-state index in [-0.39, 0.29) is 38.6 Å². The van der Waals surface area contributed by atoms with Crippen LogP contribution in [0.4, 0.5) is 0 Å². The molecule has 1 N–H and O–H groups in total. The van der Waals surface area contributed by atoms with Crippen LogP contribution in [0, 0.1) is 5.92 Å². The van der Waals surface area contributed by atoms with Gasteiger partial charge < -0.3 is 17.5 Å². The van der Waals surface area contributed by atoms with Crippen LogP contribution in [-0.4, -0.2) is 11.7 Å². The third kappa shape index (κ3) is 19.8. The summed E-state index contributed by atoms with van der Waals surface area (Å²) < 4.78 is 0. The molecule has 0 saturated heterocycles. The summed E-state index contributed by atoms with van der Waals surface area (Å²) in [5.74, 6) is 0.560. The van der Waals surface area contributed by atoms with Crippen LogP contribution in [0.1, 0.15) is 39.5 Å². The van der Waals surface area contributed by atoms with Gasteiger partial charge in [0.15, 0.2) is 0 Å². The Morgan fingerprint density at radius 3 is 1.52 bits per heavy atom. The normalized spacial score (nSPS) is 9.67. The Morgan fingerprint density at radius 2 is 1.33 bits per heavy atom. The molecule has 0 aliphatic carbocycles. The van der Waals surface area contributed by atoms with Gasteiger partial charge in [0.1, 0.15) is 0 Å². The predicted molar refractivity (Wildman–Crippen MR) is 84.5 cm³/mol. The van der Waals surface area contributed by atoms with E-state index < -0.39 is 0 Å². The van der Waals surface area contributed by atoms with Crippen molar-refractivity contribution < 1.29 is 43.7 Å². The zero-order chi connectivity index (χ0) is 14.2. The Morgan fingerprint density at radius 1 is 0.905 bits per heavy atom. The van der Waals surface area contributed by atoms with Gasteiger partial charge in [-0.25, -0.2) is 24.3 Å². The maximum atomic E-state index is 8.75. The first kappa shape index (κ1) is 25.8. The van der Waals surface area contributed by atoms with Crippen molar-refractivity contribution in [3.63, 3.8) is 0 Å². The van der Waals surface area contributed by atoms with Crippen LogP contribution >= 0.6 is 0 Å². The molecule has 117 valence electrons. The molecule has 0 aromatic heterocycles. The van der Waals surface area contributed by atoms with Crippen molar-refractivity contribution in [1.82, 2.24) is 0 Å². The molecule has 0 heterocycles. The largest absolute Gasteiger partial charge is 3.00 e. The summed E-state index contributed by atoms with van der Waals surface area (Å²) in [5.41, 5.74) is 0. The van der Waals surface area contributed by atoms with Crippen molar-refractivity contribution in [1.29, 1.82) is 0 Å². The molecule has 1 nitrogen and oxygen atoms in total. The zero-order valence-corrected chi connectivity index (χ0v) is 16.4.